The largest absolute Gasteiger partial charge is 0.334 e. The number of rotatable bonds is 4. The van der Waals surface area contributed by atoms with Crippen molar-refractivity contribution in [2.45, 2.75) is 76.4 Å². The first-order valence-corrected chi connectivity index (χ1v) is 11.8. The van der Waals surface area contributed by atoms with Crippen molar-refractivity contribution in [1.82, 2.24) is 14.8 Å². The summed E-state index contributed by atoms with van der Waals surface area (Å²) in [5.74, 6) is 0.249. The van der Waals surface area contributed by atoms with Crippen LogP contribution in [-0.4, -0.2) is 51.9 Å². The molecule has 4 nitrogen and oxygen atoms in total. The normalized spacial score (nSPS) is 28.0. The number of nitrogens with zero attached hydrogens (tertiary/aromatic N) is 3. The molecule has 3 atom stereocenters. The number of aryl methyl sites for hydroxylation is 1. The summed E-state index contributed by atoms with van der Waals surface area (Å²) in [6.45, 7) is 5.52. The van der Waals surface area contributed by atoms with Gasteiger partial charge in [-0.2, -0.15) is 0 Å². The molecule has 2 aliphatic rings. The highest BCUT2D eigenvalue weighted by atomic mass is 32.1. The second kappa shape index (κ2) is 8.57. The number of likely N-dealkylation sites (N-methyl/N-ethyl adjacent to an activating group) is 1. The van der Waals surface area contributed by atoms with E-state index in [2.05, 4.69) is 59.1 Å². The summed E-state index contributed by atoms with van der Waals surface area (Å²) in [6.07, 6.45) is 7.24. The first-order valence-electron chi connectivity index (χ1n) is 10.9. The van der Waals surface area contributed by atoms with E-state index < -0.39 is 0 Å². The molecule has 3 heterocycles. The lowest BCUT2D eigenvalue weighted by Crippen LogP contribution is -2.55. The first kappa shape index (κ1) is 20.5. The van der Waals surface area contributed by atoms with E-state index in [-0.39, 0.29) is 23.5 Å². The highest BCUT2D eigenvalue weighted by Crippen LogP contribution is 2.42. The van der Waals surface area contributed by atoms with Gasteiger partial charge in [0.1, 0.15) is 0 Å². The van der Waals surface area contributed by atoms with Crippen LogP contribution in [-0.2, 0) is 17.6 Å². The third-order valence-corrected chi connectivity index (χ3v) is 7.86. The highest BCUT2D eigenvalue weighted by molar-refractivity contribution is 7.09. The number of likely N-dealkylation sites (tertiary alicyclic amines) is 2. The lowest BCUT2D eigenvalue weighted by Gasteiger charge is -2.43. The Hall–Kier alpha value is -1.72. The van der Waals surface area contributed by atoms with Crippen LogP contribution in [0.5, 0.6) is 0 Å². The number of hydrogen-bond acceptors (Lipinski definition) is 4. The SMILES string of the molecule is Cc1nc(CC(=O)N2[C@H](Cc3ccccc3)C[C@@]3(C)[C@@H]2CCCCCN3C)cs1. The first-order chi connectivity index (χ1) is 14.0. The molecule has 2 aromatic rings. The number of thiazole rings is 1. The maximum atomic E-state index is 13.6. The van der Waals surface area contributed by atoms with Crippen molar-refractivity contribution in [3.63, 3.8) is 0 Å². The molecule has 1 aromatic carbocycles. The van der Waals surface area contributed by atoms with E-state index in [1.54, 1.807) is 11.3 Å². The van der Waals surface area contributed by atoms with Crippen molar-refractivity contribution in [2.75, 3.05) is 13.6 Å². The summed E-state index contributed by atoms with van der Waals surface area (Å²) in [6, 6.07) is 11.2. The minimum absolute atomic E-state index is 0.0491. The number of hydrogen-bond donors (Lipinski definition) is 0. The molecular weight excluding hydrogens is 378 g/mol. The molecule has 2 fully saturated rings. The Morgan fingerprint density at radius 2 is 2.03 bits per heavy atom. The van der Waals surface area contributed by atoms with Crippen LogP contribution in [0.4, 0.5) is 0 Å². The van der Waals surface area contributed by atoms with Gasteiger partial charge < -0.3 is 4.90 Å². The van der Waals surface area contributed by atoms with Gasteiger partial charge in [-0.15, -0.1) is 11.3 Å². The summed E-state index contributed by atoms with van der Waals surface area (Å²) in [5.41, 5.74) is 2.29. The molecule has 2 aliphatic heterocycles. The Balaban J connectivity index is 1.64. The minimum Gasteiger partial charge on any atom is -0.334 e. The molecule has 1 aromatic heterocycles. The summed E-state index contributed by atoms with van der Waals surface area (Å²) < 4.78 is 0. The fourth-order valence-corrected chi connectivity index (χ4v) is 6.03. The van der Waals surface area contributed by atoms with Crippen molar-refractivity contribution in [2.24, 2.45) is 0 Å². The Bertz CT molecular complexity index is 836. The number of carbonyl (C=O) groups is 1. The second-order valence-electron chi connectivity index (χ2n) is 9.03. The van der Waals surface area contributed by atoms with Gasteiger partial charge in [0.05, 0.1) is 23.2 Å². The fraction of sp³-hybridized carbons (Fsp3) is 0.583. The lowest BCUT2D eigenvalue weighted by molar-refractivity contribution is -0.134. The monoisotopic (exact) mass is 411 g/mol. The quantitative estimate of drug-likeness (QED) is 0.745. The third kappa shape index (κ3) is 4.26. The summed E-state index contributed by atoms with van der Waals surface area (Å²) in [4.78, 5) is 23.0. The highest BCUT2D eigenvalue weighted by Gasteiger charge is 2.52. The number of carbonyl (C=O) groups excluding carboxylic acids is 1. The standard InChI is InChI=1S/C24H33N3OS/c1-18-25-20(17-29-18)15-23(28)27-21(14-19-10-6-4-7-11-19)16-24(2)22(27)12-8-5-9-13-26(24)3/h4,6-7,10-11,17,21-22H,5,8-9,12-16H2,1-3H3/t21-,22+,24+/m1/s1. The van der Waals surface area contributed by atoms with Gasteiger partial charge in [-0.25, -0.2) is 4.98 Å². The van der Waals surface area contributed by atoms with Gasteiger partial charge in [0, 0.05) is 17.0 Å². The van der Waals surface area contributed by atoms with Crippen LogP contribution in [0.2, 0.25) is 0 Å². The van der Waals surface area contributed by atoms with E-state index >= 15 is 0 Å². The molecular formula is C24H33N3OS. The second-order valence-corrected chi connectivity index (χ2v) is 10.1. The van der Waals surface area contributed by atoms with Gasteiger partial charge in [-0.3, -0.25) is 9.69 Å². The van der Waals surface area contributed by atoms with Crippen LogP contribution >= 0.6 is 11.3 Å². The Morgan fingerprint density at radius 1 is 1.24 bits per heavy atom. The van der Waals surface area contributed by atoms with Gasteiger partial charge in [-0.05, 0) is 58.7 Å². The Kier molecular flexibility index (Phi) is 6.07. The molecule has 0 radical (unpaired) electrons. The maximum Gasteiger partial charge on any atom is 0.229 e. The average Bonchev–Trinajstić information content (AvgIpc) is 3.22. The molecule has 0 aliphatic carbocycles. The molecule has 0 bridgehead atoms. The lowest BCUT2D eigenvalue weighted by atomic mass is 9.84. The van der Waals surface area contributed by atoms with Gasteiger partial charge in [0.15, 0.2) is 0 Å². The zero-order valence-corrected chi connectivity index (χ0v) is 18.8. The van der Waals surface area contributed by atoms with E-state index in [4.69, 9.17) is 0 Å². The smallest absolute Gasteiger partial charge is 0.229 e. The Labute approximate surface area is 178 Å². The van der Waals surface area contributed by atoms with E-state index in [1.165, 1.54) is 24.8 Å². The maximum absolute atomic E-state index is 13.6. The zero-order chi connectivity index (χ0) is 20.4. The van der Waals surface area contributed by atoms with Crippen LogP contribution in [0.3, 0.4) is 0 Å². The average molecular weight is 412 g/mol. The topological polar surface area (TPSA) is 36.4 Å². The molecule has 156 valence electrons. The molecule has 0 spiro atoms. The van der Waals surface area contributed by atoms with Crippen molar-refractivity contribution < 1.29 is 4.79 Å². The van der Waals surface area contributed by atoms with Crippen molar-refractivity contribution in [1.29, 1.82) is 0 Å². The fourth-order valence-electron chi connectivity index (χ4n) is 5.41. The zero-order valence-electron chi connectivity index (χ0n) is 17.9. The van der Waals surface area contributed by atoms with Crippen molar-refractivity contribution >= 4 is 17.2 Å². The minimum atomic E-state index is 0.0491. The van der Waals surface area contributed by atoms with E-state index in [0.717, 1.165) is 36.5 Å². The number of amides is 1. The molecule has 0 N–H and O–H groups in total. The summed E-state index contributed by atoms with van der Waals surface area (Å²) >= 11 is 1.63. The molecule has 5 heteroatoms. The van der Waals surface area contributed by atoms with Crippen molar-refractivity contribution in [3.05, 3.63) is 52.0 Å². The van der Waals surface area contributed by atoms with Crippen LogP contribution in [0.25, 0.3) is 0 Å². The van der Waals surface area contributed by atoms with E-state index in [9.17, 15) is 4.79 Å². The number of fused-ring (bicyclic) bond motifs is 1. The van der Waals surface area contributed by atoms with Crippen LogP contribution in [0.15, 0.2) is 35.7 Å². The van der Waals surface area contributed by atoms with E-state index in [1.807, 2.05) is 12.3 Å². The number of benzene rings is 1. The third-order valence-electron chi connectivity index (χ3n) is 7.04. The van der Waals surface area contributed by atoms with Gasteiger partial charge in [0.25, 0.3) is 0 Å². The summed E-state index contributed by atoms with van der Waals surface area (Å²) in [7, 11) is 2.26. The van der Waals surface area contributed by atoms with Crippen molar-refractivity contribution in [3.8, 4) is 0 Å². The predicted octanol–water partition coefficient (Wildman–Crippen LogP) is 4.47. The van der Waals surface area contributed by atoms with E-state index in [0.29, 0.717) is 6.42 Å². The predicted molar refractivity (Wildman–Crippen MR) is 119 cm³/mol. The molecule has 0 saturated carbocycles. The molecule has 29 heavy (non-hydrogen) atoms. The Morgan fingerprint density at radius 3 is 2.76 bits per heavy atom. The molecule has 4 rings (SSSR count). The van der Waals surface area contributed by atoms with Crippen LogP contribution in [0.1, 0.15) is 55.3 Å². The van der Waals surface area contributed by atoms with Crippen LogP contribution < -0.4 is 0 Å². The molecule has 2 saturated heterocycles. The molecule has 0 unspecified atom stereocenters. The van der Waals surface area contributed by atoms with Crippen LogP contribution in [0, 0.1) is 6.92 Å². The van der Waals surface area contributed by atoms with Gasteiger partial charge in [0.2, 0.25) is 5.91 Å². The van der Waals surface area contributed by atoms with Gasteiger partial charge in [-0.1, -0.05) is 43.2 Å². The number of aromatic nitrogens is 1. The summed E-state index contributed by atoms with van der Waals surface area (Å²) in [5, 5.41) is 3.07. The molecule has 1 amide bonds. The van der Waals surface area contributed by atoms with Gasteiger partial charge >= 0.3 is 0 Å².